The van der Waals surface area contributed by atoms with Crippen LogP contribution in [0.2, 0.25) is 0 Å². The van der Waals surface area contributed by atoms with E-state index in [2.05, 4.69) is 5.32 Å². The highest BCUT2D eigenvalue weighted by Gasteiger charge is 2.28. The van der Waals surface area contributed by atoms with Gasteiger partial charge < -0.3 is 10.4 Å². The minimum atomic E-state index is -1.12. The molecular weight excluding hydrogens is 336 g/mol. The van der Waals surface area contributed by atoms with E-state index < -0.39 is 16.8 Å². The van der Waals surface area contributed by atoms with E-state index in [-0.39, 0.29) is 21.9 Å². The third-order valence-electron chi connectivity index (χ3n) is 3.56. The van der Waals surface area contributed by atoms with Crippen molar-refractivity contribution in [3.63, 3.8) is 0 Å². The van der Waals surface area contributed by atoms with E-state index in [9.17, 15) is 19.7 Å². The number of nitrogens with zero attached hydrogens (tertiary/aromatic N) is 1. The molecule has 0 atom stereocenters. The summed E-state index contributed by atoms with van der Waals surface area (Å²) in [5, 5.41) is 22.5. The van der Waals surface area contributed by atoms with Crippen molar-refractivity contribution < 1.29 is 19.6 Å². The van der Waals surface area contributed by atoms with Gasteiger partial charge in [-0.25, -0.2) is 4.79 Å². The summed E-state index contributed by atoms with van der Waals surface area (Å²) in [6.07, 6.45) is 0. The average Bonchev–Trinajstić information content (AvgIpc) is 2.89. The smallest absolute Gasteiger partial charge is 0.335 e. The van der Waals surface area contributed by atoms with Crippen LogP contribution in [0.5, 0.6) is 0 Å². The molecule has 1 amide bonds. The largest absolute Gasteiger partial charge is 0.478 e. The lowest BCUT2D eigenvalue weighted by atomic mass is 10.0. The molecule has 0 bridgehead atoms. The van der Waals surface area contributed by atoms with Gasteiger partial charge in [0.2, 0.25) is 0 Å². The van der Waals surface area contributed by atoms with Crippen LogP contribution in [0.25, 0.3) is 10.6 Å². The zero-order valence-corrected chi connectivity index (χ0v) is 12.7. The van der Waals surface area contributed by atoms with Gasteiger partial charge in [-0.1, -0.05) is 11.6 Å². The van der Waals surface area contributed by atoms with E-state index in [4.69, 9.17) is 16.7 Å². The first-order chi connectivity index (χ1) is 11.4. The lowest BCUT2D eigenvalue weighted by molar-refractivity contribution is -0.384. The predicted molar refractivity (Wildman–Crippen MR) is 87.8 cm³/mol. The Labute approximate surface area is 140 Å². The number of hydrogen-bond acceptors (Lipinski definition) is 4. The minimum absolute atomic E-state index is 0.0240. The highest BCUT2D eigenvalue weighted by atomic mass is 35.5. The van der Waals surface area contributed by atoms with Crippen LogP contribution in [-0.4, -0.2) is 21.9 Å². The van der Waals surface area contributed by atoms with Crippen LogP contribution in [0, 0.1) is 10.1 Å². The molecule has 2 aromatic rings. The van der Waals surface area contributed by atoms with E-state index in [0.717, 1.165) is 0 Å². The molecule has 2 aromatic carbocycles. The number of carboxylic acid groups (broad SMARTS) is 1. The number of nitrogens with one attached hydrogen (secondary N) is 1. The summed E-state index contributed by atoms with van der Waals surface area (Å²) in [6.45, 7) is 0. The van der Waals surface area contributed by atoms with Gasteiger partial charge >= 0.3 is 5.97 Å². The third-order valence-corrected chi connectivity index (χ3v) is 3.97. The Morgan fingerprint density at radius 1 is 1.12 bits per heavy atom. The van der Waals surface area contributed by atoms with Crippen LogP contribution in [0.3, 0.4) is 0 Å². The molecule has 8 heteroatoms. The maximum absolute atomic E-state index is 12.2. The fourth-order valence-corrected chi connectivity index (χ4v) is 2.71. The lowest BCUT2D eigenvalue weighted by Gasteiger charge is -2.05. The number of hydrogen-bond donors (Lipinski definition) is 2. The fraction of sp³-hybridized carbons (Fsp3) is 0. The van der Waals surface area contributed by atoms with Gasteiger partial charge in [-0.05, 0) is 35.9 Å². The number of anilines is 1. The summed E-state index contributed by atoms with van der Waals surface area (Å²) in [7, 11) is 0. The zero-order valence-electron chi connectivity index (χ0n) is 11.9. The van der Waals surface area contributed by atoms with E-state index in [1.54, 1.807) is 0 Å². The van der Waals surface area contributed by atoms with Crippen molar-refractivity contribution in [3.05, 3.63) is 69.3 Å². The summed E-state index contributed by atoms with van der Waals surface area (Å²) in [5.74, 6) is -1.58. The second-order valence-electron chi connectivity index (χ2n) is 5.01. The number of fused-ring (bicyclic) bond motifs is 1. The maximum Gasteiger partial charge on any atom is 0.335 e. The first kappa shape index (κ1) is 15.7. The Morgan fingerprint density at radius 2 is 1.75 bits per heavy atom. The first-order valence-electron chi connectivity index (χ1n) is 6.72. The quantitative estimate of drug-likeness (QED) is 0.504. The molecule has 1 aliphatic heterocycles. The molecule has 1 heterocycles. The van der Waals surface area contributed by atoms with Crippen molar-refractivity contribution in [2.24, 2.45) is 0 Å². The molecule has 1 aliphatic rings. The summed E-state index contributed by atoms with van der Waals surface area (Å²) in [5.41, 5.74) is 1.31. The SMILES string of the molecule is O=C1Nc2ccc(C(=O)O)cc2C1=C(Cl)c1ccc([N+](=O)[O-])cc1. The number of aromatic carboxylic acids is 1. The van der Waals surface area contributed by atoms with Crippen molar-refractivity contribution in [1.29, 1.82) is 0 Å². The van der Waals surface area contributed by atoms with E-state index >= 15 is 0 Å². The van der Waals surface area contributed by atoms with Crippen LogP contribution in [-0.2, 0) is 4.79 Å². The molecule has 0 aliphatic carbocycles. The second kappa shape index (κ2) is 5.78. The highest BCUT2D eigenvalue weighted by molar-refractivity contribution is 6.59. The molecule has 0 fully saturated rings. The number of nitro benzene ring substituents is 1. The Kier molecular flexibility index (Phi) is 3.78. The second-order valence-corrected chi connectivity index (χ2v) is 5.39. The topological polar surface area (TPSA) is 110 Å². The normalized spacial score (nSPS) is 14.8. The van der Waals surface area contributed by atoms with Crippen LogP contribution in [0.4, 0.5) is 11.4 Å². The van der Waals surface area contributed by atoms with Crippen molar-refractivity contribution in [2.45, 2.75) is 0 Å². The van der Waals surface area contributed by atoms with Crippen LogP contribution in [0.15, 0.2) is 42.5 Å². The number of carboxylic acids is 1. The average molecular weight is 345 g/mol. The standard InChI is InChI=1S/C16H9ClN2O5/c17-14(8-1-4-10(5-2-8)19(23)24)13-11-7-9(16(21)22)3-6-12(11)18-15(13)20/h1-7H,(H,18,20)(H,21,22). The number of halogens is 1. The van der Waals surface area contributed by atoms with Crippen molar-refractivity contribution >= 4 is 45.5 Å². The Bertz CT molecular complexity index is 919. The molecule has 120 valence electrons. The number of carbonyl (C=O) groups excluding carboxylic acids is 1. The molecule has 0 spiro atoms. The van der Waals surface area contributed by atoms with E-state index in [1.165, 1.54) is 42.5 Å². The van der Waals surface area contributed by atoms with Crippen LogP contribution >= 0.6 is 11.6 Å². The number of non-ortho nitro benzene ring substituents is 1. The summed E-state index contributed by atoms with van der Waals surface area (Å²) >= 11 is 6.30. The van der Waals surface area contributed by atoms with Gasteiger partial charge in [0.25, 0.3) is 11.6 Å². The minimum Gasteiger partial charge on any atom is -0.478 e. The molecule has 0 saturated carbocycles. The molecule has 2 N–H and O–H groups in total. The van der Waals surface area contributed by atoms with Gasteiger partial charge in [-0.3, -0.25) is 14.9 Å². The summed E-state index contributed by atoms with van der Waals surface area (Å²) in [6, 6.07) is 9.64. The van der Waals surface area contributed by atoms with Crippen LogP contribution < -0.4 is 5.32 Å². The fourth-order valence-electron chi connectivity index (χ4n) is 2.39. The lowest BCUT2D eigenvalue weighted by Crippen LogP contribution is -2.04. The number of amides is 1. The predicted octanol–water partition coefficient (Wildman–Crippen LogP) is 3.35. The van der Waals surface area contributed by atoms with E-state index in [0.29, 0.717) is 16.8 Å². The van der Waals surface area contributed by atoms with Gasteiger partial charge in [0.05, 0.1) is 21.1 Å². The van der Waals surface area contributed by atoms with Crippen molar-refractivity contribution in [2.75, 3.05) is 5.32 Å². The highest BCUT2D eigenvalue weighted by Crippen LogP contribution is 2.39. The molecule has 0 radical (unpaired) electrons. The molecule has 3 rings (SSSR count). The molecule has 0 aromatic heterocycles. The Balaban J connectivity index is 2.12. The maximum atomic E-state index is 12.2. The number of carbonyl (C=O) groups is 2. The first-order valence-corrected chi connectivity index (χ1v) is 7.10. The van der Waals surface area contributed by atoms with Gasteiger partial charge in [0.15, 0.2) is 0 Å². The van der Waals surface area contributed by atoms with Gasteiger partial charge in [-0.2, -0.15) is 0 Å². The third kappa shape index (κ3) is 2.61. The van der Waals surface area contributed by atoms with Crippen LogP contribution in [0.1, 0.15) is 21.5 Å². The summed E-state index contributed by atoms with van der Waals surface area (Å²) < 4.78 is 0. The monoisotopic (exact) mass is 344 g/mol. The Morgan fingerprint density at radius 3 is 2.33 bits per heavy atom. The van der Waals surface area contributed by atoms with Gasteiger partial charge in [0.1, 0.15) is 0 Å². The molecular formula is C16H9ClN2O5. The molecule has 24 heavy (non-hydrogen) atoms. The van der Waals surface area contributed by atoms with Crippen molar-refractivity contribution in [1.82, 2.24) is 0 Å². The van der Waals surface area contributed by atoms with Gasteiger partial charge in [0, 0.05) is 23.4 Å². The number of nitro groups is 1. The molecule has 0 saturated heterocycles. The molecule has 7 nitrogen and oxygen atoms in total. The van der Waals surface area contributed by atoms with Crippen molar-refractivity contribution in [3.8, 4) is 0 Å². The number of benzene rings is 2. The Hall–Kier alpha value is -3.19. The summed E-state index contributed by atoms with van der Waals surface area (Å²) in [4.78, 5) is 33.5. The number of rotatable bonds is 3. The zero-order chi connectivity index (χ0) is 17.4. The van der Waals surface area contributed by atoms with Gasteiger partial charge in [-0.15, -0.1) is 0 Å². The van der Waals surface area contributed by atoms with E-state index in [1.807, 2.05) is 0 Å². The molecule has 0 unspecified atom stereocenters.